The number of carbonyl (C=O) groups excluding carboxylic acids is 1. The van der Waals surface area contributed by atoms with E-state index in [4.69, 9.17) is 4.74 Å². The number of nitrogens with one attached hydrogen (secondary N) is 1. The zero-order valence-electron chi connectivity index (χ0n) is 13.0. The van der Waals surface area contributed by atoms with Gasteiger partial charge in [-0.05, 0) is 32.4 Å². The van der Waals surface area contributed by atoms with Gasteiger partial charge in [-0.15, -0.1) is 0 Å². The summed E-state index contributed by atoms with van der Waals surface area (Å²) in [4.78, 5) is 13.6. The molecule has 4 heteroatoms. The molecule has 4 nitrogen and oxygen atoms in total. The van der Waals surface area contributed by atoms with Crippen LogP contribution in [0, 0.1) is 6.92 Å². The van der Waals surface area contributed by atoms with Crippen molar-refractivity contribution in [2.24, 2.45) is 0 Å². The van der Waals surface area contributed by atoms with Crippen molar-refractivity contribution in [2.75, 3.05) is 26.7 Å². The van der Waals surface area contributed by atoms with E-state index in [0.717, 1.165) is 12.2 Å². The molecule has 0 saturated carbocycles. The number of aryl methyl sites for hydroxylation is 1. The van der Waals surface area contributed by atoms with Crippen molar-refractivity contribution >= 4 is 5.91 Å². The van der Waals surface area contributed by atoms with Crippen molar-refractivity contribution in [1.29, 1.82) is 0 Å². The number of nitrogens with zero attached hydrogens (tertiary/aromatic N) is 1. The van der Waals surface area contributed by atoms with Crippen molar-refractivity contribution in [3.63, 3.8) is 0 Å². The Morgan fingerprint density at radius 1 is 1.35 bits per heavy atom. The number of amides is 1. The summed E-state index contributed by atoms with van der Waals surface area (Å²) in [6, 6.07) is 8.29. The van der Waals surface area contributed by atoms with Gasteiger partial charge in [-0.25, -0.2) is 0 Å². The molecule has 112 valence electrons. The molecule has 0 aliphatic rings. The molecule has 1 rings (SSSR count). The van der Waals surface area contributed by atoms with Crippen LogP contribution in [0.2, 0.25) is 0 Å². The van der Waals surface area contributed by atoms with Crippen molar-refractivity contribution in [3.8, 4) is 5.75 Å². The minimum absolute atomic E-state index is 0.0952. The van der Waals surface area contributed by atoms with Crippen LogP contribution in [0.25, 0.3) is 0 Å². The van der Waals surface area contributed by atoms with Gasteiger partial charge in [-0.2, -0.15) is 0 Å². The number of carbonyl (C=O) groups is 1. The molecule has 1 N–H and O–H groups in total. The second kappa shape index (κ2) is 8.59. The molecule has 1 unspecified atom stereocenters. The van der Waals surface area contributed by atoms with Gasteiger partial charge in [0.2, 0.25) is 5.91 Å². The number of hydrogen-bond acceptors (Lipinski definition) is 3. The topological polar surface area (TPSA) is 41.6 Å². The fraction of sp³-hybridized carbons (Fsp3) is 0.562. The second-order valence-electron chi connectivity index (χ2n) is 5.17. The predicted molar refractivity (Wildman–Crippen MR) is 82.1 cm³/mol. The van der Waals surface area contributed by atoms with Crippen molar-refractivity contribution in [1.82, 2.24) is 10.2 Å². The first kappa shape index (κ1) is 16.5. The van der Waals surface area contributed by atoms with E-state index in [1.807, 2.05) is 31.2 Å². The third kappa shape index (κ3) is 6.06. The summed E-state index contributed by atoms with van der Waals surface area (Å²) in [6.45, 7) is 7.70. The van der Waals surface area contributed by atoms with Gasteiger partial charge in [0.25, 0.3) is 0 Å². The van der Waals surface area contributed by atoms with Crippen LogP contribution in [0.4, 0.5) is 0 Å². The molecule has 0 bridgehead atoms. The maximum atomic E-state index is 11.9. The minimum atomic E-state index is 0.0952. The summed E-state index contributed by atoms with van der Waals surface area (Å²) in [7, 11) is 1.80. The van der Waals surface area contributed by atoms with E-state index in [9.17, 15) is 4.79 Å². The van der Waals surface area contributed by atoms with E-state index in [2.05, 4.69) is 19.2 Å². The normalized spacial score (nSPS) is 12.0. The van der Waals surface area contributed by atoms with E-state index in [1.165, 1.54) is 5.56 Å². The van der Waals surface area contributed by atoms with E-state index in [-0.39, 0.29) is 5.91 Å². The van der Waals surface area contributed by atoms with Gasteiger partial charge in [-0.1, -0.05) is 24.6 Å². The maximum Gasteiger partial charge on any atom is 0.236 e. The molecule has 0 aromatic heterocycles. The van der Waals surface area contributed by atoms with E-state index >= 15 is 0 Å². The molecular weight excluding hydrogens is 252 g/mol. The third-order valence-electron chi connectivity index (χ3n) is 3.36. The van der Waals surface area contributed by atoms with Gasteiger partial charge in [0.1, 0.15) is 12.4 Å². The molecule has 1 aromatic carbocycles. The lowest BCUT2D eigenvalue weighted by Crippen LogP contribution is -2.40. The summed E-state index contributed by atoms with van der Waals surface area (Å²) < 4.78 is 5.61. The lowest BCUT2D eigenvalue weighted by Gasteiger charge is -2.19. The summed E-state index contributed by atoms with van der Waals surface area (Å²) in [5, 5.41) is 3.20. The molecule has 20 heavy (non-hydrogen) atoms. The van der Waals surface area contributed by atoms with Gasteiger partial charge in [0.05, 0.1) is 13.1 Å². The highest BCUT2D eigenvalue weighted by Crippen LogP contribution is 2.10. The molecular formula is C16H26N2O2. The van der Waals surface area contributed by atoms with Crippen LogP contribution in [0.15, 0.2) is 24.3 Å². The van der Waals surface area contributed by atoms with E-state index < -0.39 is 0 Å². The standard InChI is InChI=1S/C16H26N2O2/c1-5-14(3)17-12-16(19)18(4)10-11-20-15-8-6-13(2)7-9-15/h6-9,14,17H,5,10-12H2,1-4H3. The lowest BCUT2D eigenvalue weighted by molar-refractivity contribution is -0.129. The highest BCUT2D eigenvalue weighted by atomic mass is 16.5. The van der Waals surface area contributed by atoms with E-state index in [1.54, 1.807) is 11.9 Å². The van der Waals surface area contributed by atoms with Crippen molar-refractivity contribution in [3.05, 3.63) is 29.8 Å². The monoisotopic (exact) mass is 278 g/mol. The Labute approximate surface area is 122 Å². The molecule has 0 radical (unpaired) electrons. The predicted octanol–water partition coefficient (Wildman–Crippen LogP) is 2.22. The summed E-state index contributed by atoms with van der Waals surface area (Å²) >= 11 is 0. The van der Waals surface area contributed by atoms with Gasteiger partial charge >= 0.3 is 0 Å². The molecule has 0 aliphatic heterocycles. The third-order valence-corrected chi connectivity index (χ3v) is 3.36. The smallest absolute Gasteiger partial charge is 0.236 e. The SMILES string of the molecule is CCC(C)NCC(=O)N(C)CCOc1ccc(C)cc1. The number of benzene rings is 1. The quantitative estimate of drug-likeness (QED) is 0.793. The molecule has 0 fully saturated rings. The first-order valence-corrected chi connectivity index (χ1v) is 7.19. The molecule has 0 heterocycles. The molecule has 1 atom stereocenters. The summed E-state index contributed by atoms with van der Waals surface area (Å²) in [5.74, 6) is 0.937. The highest BCUT2D eigenvalue weighted by molar-refractivity contribution is 5.77. The minimum Gasteiger partial charge on any atom is -0.492 e. The number of rotatable bonds is 8. The zero-order chi connectivity index (χ0) is 15.0. The first-order chi connectivity index (χ1) is 9.52. The van der Waals surface area contributed by atoms with E-state index in [0.29, 0.717) is 25.7 Å². The number of ether oxygens (including phenoxy) is 1. The Bertz CT molecular complexity index is 403. The maximum absolute atomic E-state index is 11.9. The second-order valence-corrected chi connectivity index (χ2v) is 5.17. The fourth-order valence-electron chi connectivity index (χ4n) is 1.60. The largest absolute Gasteiger partial charge is 0.492 e. The summed E-state index contributed by atoms with van der Waals surface area (Å²) in [5.41, 5.74) is 1.21. The van der Waals surface area contributed by atoms with Gasteiger partial charge in [-0.3, -0.25) is 4.79 Å². The molecule has 0 spiro atoms. The molecule has 0 saturated heterocycles. The van der Waals surface area contributed by atoms with Crippen LogP contribution in [0.5, 0.6) is 5.75 Å². The van der Waals surface area contributed by atoms with Crippen LogP contribution >= 0.6 is 0 Å². The zero-order valence-corrected chi connectivity index (χ0v) is 13.0. The lowest BCUT2D eigenvalue weighted by atomic mass is 10.2. The number of likely N-dealkylation sites (N-methyl/N-ethyl adjacent to an activating group) is 1. The molecule has 1 aromatic rings. The molecule has 1 amide bonds. The Balaban J connectivity index is 2.23. The summed E-state index contributed by atoms with van der Waals surface area (Å²) in [6.07, 6.45) is 1.02. The number of hydrogen-bond donors (Lipinski definition) is 1. The van der Waals surface area contributed by atoms with Crippen LogP contribution in [0.1, 0.15) is 25.8 Å². The molecule has 0 aliphatic carbocycles. The van der Waals surface area contributed by atoms with Crippen LogP contribution in [0.3, 0.4) is 0 Å². The van der Waals surface area contributed by atoms with Crippen LogP contribution in [-0.2, 0) is 4.79 Å². The Kier molecular flexibility index (Phi) is 7.09. The average molecular weight is 278 g/mol. The van der Waals surface area contributed by atoms with Gasteiger partial charge < -0.3 is 15.0 Å². The fourth-order valence-corrected chi connectivity index (χ4v) is 1.60. The van der Waals surface area contributed by atoms with Crippen LogP contribution < -0.4 is 10.1 Å². The Hall–Kier alpha value is -1.55. The highest BCUT2D eigenvalue weighted by Gasteiger charge is 2.09. The first-order valence-electron chi connectivity index (χ1n) is 7.19. The Morgan fingerprint density at radius 3 is 2.60 bits per heavy atom. The van der Waals surface area contributed by atoms with Crippen LogP contribution in [-0.4, -0.2) is 43.6 Å². The Morgan fingerprint density at radius 2 is 2.00 bits per heavy atom. The average Bonchev–Trinajstić information content (AvgIpc) is 2.46. The van der Waals surface area contributed by atoms with Gasteiger partial charge in [0.15, 0.2) is 0 Å². The van der Waals surface area contributed by atoms with Crippen molar-refractivity contribution in [2.45, 2.75) is 33.2 Å². The van der Waals surface area contributed by atoms with Gasteiger partial charge in [0, 0.05) is 13.1 Å². The van der Waals surface area contributed by atoms with Crippen molar-refractivity contribution < 1.29 is 9.53 Å².